The van der Waals surface area contributed by atoms with Gasteiger partial charge in [0.2, 0.25) is 0 Å². The molecule has 0 aromatic heterocycles. The molecule has 1 heterocycles. The number of ether oxygens (including phenoxy) is 3. The zero-order valence-corrected chi connectivity index (χ0v) is 17.3. The first-order chi connectivity index (χ1) is 13.6. The monoisotopic (exact) mass is 403 g/mol. The van der Waals surface area contributed by atoms with E-state index in [4.69, 9.17) is 25.8 Å². The van der Waals surface area contributed by atoms with E-state index in [0.717, 1.165) is 37.0 Å². The van der Waals surface area contributed by atoms with Crippen LogP contribution in [0, 0.1) is 0 Å². The third-order valence-electron chi connectivity index (χ3n) is 5.19. The fourth-order valence-corrected chi connectivity index (χ4v) is 4.02. The largest absolute Gasteiger partial charge is 0.497 e. The van der Waals surface area contributed by atoms with Gasteiger partial charge < -0.3 is 19.1 Å². The highest BCUT2D eigenvalue weighted by atomic mass is 35.5. The van der Waals surface area contributed by atoms with Gasteiger partial charge in [0.05, 0.1) is 32.4 Å². The van der Waals surface area contributed by atoms with E-state index in [9.17, 15) is 4.79 Å². The standard InChI is InChI=1S/C22H26ClNO4/c1-26-17-10-8-15(9-11-17)19-7-5-4-6-12-24(19)22(25)16-13-18(23)21(28-3)20(14-16)27-2/h8-11,13-14,19H,4-7,12H2,1-3H3. The van der Waals surface area contributed by atoms with Gasteiger partial charge in [0.1, 0.15) is 5.75 Å². The summed E-state index contributed by atoms with van der Waals surface area (Å²) < 4.78 is 15.9. The lowest BCUT2D eigenvalue weighted by atomic mass is 9.99. The topological polar surface area (TPSA) is 48.0 Å². The molecule has 2 aromatic carbocycles. The van der Waals surface area contributed by atoms with E-state index in [1.165, 1.54) is 14.2 Å². The molecule has 0 N–H and O–H groups in total. The summed E-state index contributed by atoms with van der Waals surface area (Å²) in [4.78, 5) is 15.4. The van der Waals surface area contributed by atoms with Gasteiger partial charge in [0.15, 0.2) is 11.5 Å². The van der Waals surface area contributed by atoms with Gasteiger partial charge in [-0.3, -0.25) is 4.79 Å². The van der Waals surface area contributed by atoms with Crippen LogP contribution in [0.25, 0.3) is 0 Å². The zero-order chi connectivity index (χ0) is 20.1. The maximum atomic E-state index is 13.4. The average molecular weight is 404 g/mol. The molecule has 1 saturated heterocycles. The van der Waals surface area contributed by atoms with Gasteiger partial charge in [-0.1, -0.05) is 36.6 Å². The molecule has 0 aliphatic carbocycles. The number of benzene rings is 2. The van der Waals surface area contributed by atoms with Crippen molar-refractivity contribution in [3.05, 3.63) is 52.5 Å². The molecule has 2 aromatic rings. The molecule has 3 rings (SSSR count). The Kier molecular flexibility index (Phi) is 6.68. The molecule has 1 unspecified atom stereocenters. The van der Waals surface area contributed by atoms with Crippen LogP contribution in [0.5, 0.6) is 17.2 Å². The third kappa shape index (κ3) is 4.20. The van der Waals surface area contributed by atoms with E-state index in [1.54, 1.807) is 19.2 Å². The van der Waals surface area contributed by atoms with Crippen LogP contribution >= 0.6 is 11.6 Å². The smallest absolute Gasteiger partial charge is 0.254 e. The van der Waals surface area contributed by atoms with Crippen LogP contribution < -0.4 is 14.2 Å². The van der Waals surface area contributed by atoms with Crippen molar-refractivity contribution in [2.75, 3.05) is 27.9 Å². The molecular weight excluding hydrogens is 378 g/mol. The molecule has 1 fully saturated rings. The van der Waals surface area contributed by atoms with Crippen molar-refractivity contribution in [3.63, 3.8) is 0 Å². The van der Waals surface area contributed by atoms with Crippen molar-refractivity contribution in [1.29, 1.82) is 0 Å². The Morgan fingerprint density at radius 1 is 1.00 bits per heavy atom. The molecular formula is C22H26ClNO4. The van der Waals surface area contributed by atoms with Crippen LogP contribution in [0.1, 0.15) is 47.6 Å². The summed E-state index contributed by atoms with van der Waals surface area (Å²) in [5.41, 5.74) is 1.62. The fraction of sp³-hybridized carbons (Fsp3) is 0.409. The van der Waals surface area contributed by atoms with E-state index >= 15 is 0 Å². The number of carbonyl (C=O) groups is 1. The number of halogens is 1. The third-order valence-corrected chi connectivity index (χ3v) is 5.48. The minimum absolute atomic E-state index is 0.0211. The van der Waals surface area contributed by atoms with Crippen molar-refractivity contribution in [3.8, 4) is 17.2 Å². The number of likely N-dealkylation sites (tertiary alicyclic amines) is 1. The minimum Gasteiger partial charge on any atom is -0.497 e. The maximum Gasteiger partial charge on any atom is 0.254 e. The Balaban J connectivity index is 1.95. The lowest BCUT2D eigenvalue weighted by molar-refractivity contribution is 0.0680. The molecule has 150 valence electrons. The van der Waals surface area contributed by atoms with Crippen molar-refractivity contribution in [1.82, 2.24) is 4.90 Å². The average Bonchev–Trinajstić information content (AvgIpc) is 2.98. The van der Waals surface area contributed by atoms with Crippen LogP contribution in [0.2, 0.25) is 5.02 Å². The molecule has 0 bridgehead atoms. The quantitative estimate of drug-likeness (QED) is 0.694. The summed E-state index contributed by atoms with van der Waals surface area (Å²) in [7, 11) is 4.71. The van der Waals surface area contributed by atoms with Crippen LogP contribution in [-0.2, 0) is 0 Å². The Labute approximate surface area is 171 Å². The molecule has 0 saturated carbocycles. The van der Waals surface area contributed by atoms with Crippen LogP contribution in [0.4, 0.5) is 0 Å². The number of rotatable bonds is 5. The van der Waals surface area contributed by atoms with E-state index < -0.39 is 0 Å². The second kappa shape index (κ2) is 9.20. The van der Waals surface area contributed by atoms with E-state index in [-0.39, 0.29) is 11.9 Å². The first-order valence-corrected chi connectivity index (χ1v) is 9.83. The number of nitrogens with zero attached hydrogens (tertiary/aromatic N) is 1. The molecule has 1 atom stereocenters. The predicted octanol–water partition coefficient (Wildman–Crippen LogP) is 5.12. The summed E-state index contributed by atoms with van der Waals surface area (Å²) in [5.74, 6) is 1.64. The van der Waals surface area contributed by atoms with Gasteiger partial charge in [-0.15, -0.1) is 0 Å². The highest BCUT2D eigenvalue weighted by Gasteiger charge is 2.28. The lowest BCUT2D eigenvalue weighted by Gasteiger charge is -2.31. The van der Waals surface area contributed by atoms with E-state index in [0.29, 0.717) is 28.6 Å². The van der Waals surface area contributed by atoms with Crippen molar-refractivity contribution >= 4 is 17.5 Å². The number of carbonyl (C=O) groups excluding carboxylic acids is 1. The van der Waals surface area contributed by atoms with Gasteiger partial charge in [-0.2, -0.15) is 0 Å². The van der Waals surface area contributed by atoms with Gasteiger partial charge in [-0.05, 0) is 42.7 Å². The molecule has 1 amide bonds. The highest BCUT2D eigenvalue weighted by molar-refractivity contribution is 6.32. The second-order valence-electron chi connectivity index (χ2n) is 6.83. The Morgan fingerprint density at radius 2 is 1.75 bits per heavy atom. The predicted molar refractivity (Wildman–Crippen MR) is 110 cm³/mol. The number of hydrogen-bond donors (Lipinski definition) is 0. The lowest BCUT2D eigenvalue weighted by Crippen LogP contribution is -2.34. The van der Waals surface area contributed by atoms with Crippen molar-refractivity contribution in [2.45, 2.75) is 31.7 Å². The molecule has 5 nitrogen and oxygen atoms in total. The Hall–Kier alpha value is -2.40. The number of hydrogen-bond acceptors (Lipinski definition) is 4. The first-order valence-electron chi connectivity index (χ1n) is 9.45. The number of amides is 1. The summed E-state index contributed by atoms with van der Waals surface area (Å²) in [6, 6.07) is 11.3. The van der Waals surface area contributed by atoms with Crippen LogP contribution in [-0.4, -0.2) is 38.7 Å². The van der Waals surface area contributed by atoms with Gasteiger partial charge >= 0.3 is 0 Å². The molecule has 0 spiro atoms. The fourth-order valence-electron chi connectivity index (χ4n) is 3.73. The normalized spacial score (nSPS) is 17.0. The highest BCUT2D eigenvalue weighted by Crippen LogP contribution is 2.38. The van der Waals surface area contributed by atoms with Crippen molar-refractivity contribution in [2.24, 2.45) is 0 Å². The summed E-state index contributed by atoms with van der Waals surface area (Å²) >= 11 is 6.33. The molecule has 1 aliphatic rings. The van der Waals surface area contributed by atoms with Gasteiger partial charge in [0, 0.05) is 12.1 Å². The van der Waals surface area contributed by atoms with Gasteiger partial charge in [-0.25, -0.2) is 0 Å². The van der Waals surface area contributed by atoms with Gasteiger partial charge in [0.25, 0.3) is 5.91 Å². The zero-order valence-electron chi connectivity index (χ0n) is 16.5. The molecule has 0 radical (unpaired) electrons. The van der Waals surface area contributed by atoms with Crippen molar-refractivity contribution < 1.29 is 19.0 Å². The first kappa shape index (κ1) is 20.3. The molecule has 6 heteroatoms. The summed E-state index contributed by atoms with van der Waals surface area (Å²) in [5, 5.41) is 0.362. The maximum absolute atomic E-state index is 13.4. The second-order valence-corrected chi connectivity index (χ2v) is 7.24. The Morgan fingerprint density at radius 3 is 2.39 bits per heavy atom. The van der Waals surface area contributed by atoms with E-state index in [1.807, 2.05) is 29.2 Å². The van der Waals surface area contributed by atoms with Crippen LogP contribution in [0.3, 0.4) is 0 Å². The number of methoxy groups -OCH3 is 3. The van der Waals surface area contributed by atoms with E-state index in [2.05, 4.69) is 0 Å². The molecule has 28 heavy (non-hydrogen) atoms. The summed E-state index contributed by atoms with van der Waals surface area (Å²) in [6.07, 6.45) is 4.12. The minimum atomic E-state index is -0.0504. The SMILES string of the molecule is COc1ccc(C2CCCCCN2C(=O)c2cc(Cl)c(OC)c(OC)c2)cc1. The molecule has 1 aliphatic heterocycles. The van der Waals surface area contributed by atoms with Crippen LogP contribution in [0.15, 0.2) is 36.4 Å². The summed E-state index contributed by atoms with van der Waals surface area (Å²) in [6.45, 7) is 0.710. The Bertz CT molecular complexity index is 822.